The molecule has 0 atom stereocenters. The number of ether oxygens (including phenoxy) is 1. The molecule has 1 aliphatic heterocycles. The molecule has 0 aliphatic carbocycles. The third-order valence-electron chi connectivity index (χ3n) is 6.53. The Labute approximate surface area is 231 Å². The number of halogens is 3. The molecule has 5 rings (SSSR count). The van der Waals surface area contributed by atoms with Crippen LogP contribution >= 0.6 is 0 Å². The Kier molecular flexibility index (Phi) is 6.87. The van der Waals surface area contributed by atoms with Crippen LogP contribution in [0.4, 0.5) is 24.5 Å². The number of hydrogen-bond acceptors (Lipinski definition) is 4. The summed E-state index contributed by atoms with van der Waals surface area (Å²) in [7, 11) is 0. The van der Waals surface area contributed by atoms with Crippen molar-refractivity contribution in [1.82, 2.24) is 4.98 Å². The molecule has 0 spiro atoms. The standard InChI is InChI=1S/C30H22F3N3O5/c1-15-24(34-16(2)26(15)29(39)40)14-23-22-10-9-21(13-25(22)36-28(23)38)41-20-8-4-7-19(12-20)35-27(37)17-5-3-6-18(11-17)30(31,32)33/h3-14,34H,1-2H3,(H,35,37)(H,36,38)(H,39,40). The Balaban J connectivity index is 1.34. The summed E-state index contributed by atoms with van der Waals surface area (Å²) in [5.74, 6) is -1.41. The minimum Gasteiger partial charge on any atom is -0.478 e. The number of carbonyl (C=O) groups is 3. The van der Waals surface area contributed by atoms with Crippen LogP contribution in [0.5, 0.6) is 11.5 Å². The molecule has 0 radical (unpaired) electrons. The predicted molar refractivity (Wildman–Crippen MR) is 146 cm³/mol. The first-order valence-corrected chi connectivity index (χ1v) is 12.3. The zero-order valence-corrected chi connectivity index (χ0v) is 21.6. The van der Waals surface area contributed by atoms with E-state index in [9.17, 15) is 32.7 Å². The van der Waals surface area contributed by atoms with Crippen LogP contribution in [0.3, 0.4) is 0 Å². The zero-order chi connectivity index (χ0) is 29.5. The van der Waals surface area contributed by atoms with Gasteiger partial charge < -0.3 is 25.5 Å². The van der Waals surface area contributed by atoms with Crippen molar-refractivity contribution in [2.24, 2.45) is 0 Å². The second kappa shape index (κ2) is 10.3. The van der Waals surface area contributed by atoms with Gasteiger partial charge in [-0.15, -0.1) is 0 Å². The lowest BCUT2D eigenvalue weighted by atomic mass is 10.0. The summed E-state index contributed by atoms with van der Waals surface area (Å²) in [6, 6.07) is 15.4. The molecule has 0 fully saturated rings. The van der Waals surface area contributed by atoms with Gasteiger partial charge in [-0.25, -0.2) is 4.79 Å². The highest BCUT2D eigenvalue weighted by atomic mass is 19.4. The number of aromatic nitrogens is 1. The number of carboxylic acid groups (broad SMARTS) is 1. The van der Waals surface area contributed by atoms with Crippen LogP contribution < -0.4 is 15.4 Å². The van der Waals surface area contributed by atoms with E-state index in [4.69, 9.17) is 4.74 Å². The van der Waals surface area contributed by atoms with Gasteiger partial charge in [-0.1, -0.05) is 12.1 Å². The van der Waals surface area contributed by atoms with E-state index in [1.165, 1.54) is 12.1 Å². The van der Waals surface area contributed by atoms with Crippen molar-refractivity contribution < 1.29 is 37.4 Å². The normalized spacial score (nSPS) is 13.6. The summed E-state index contributed by atoms with van der Waals surface area (Å²) < 4.78 is 44.9. The van der Waals surface area contributed by atoms with Gasteiger partial charge in [0, 0.05) is 40.3 Å². The SMILES string of the molecule is Cc1[nH]c(C=C2C(=O)Nc3cc(Oc4cccc(NC(=O)c5cccc(C(F)(F)F)c5)c4)ccc32)c(C)c1C(=O)O. The Morgan fingerprint density at radius 1 is 0.976 bits per heavy atom. The van der Waals surface area contributed by atoms with Crippen molar-refractivity contribution in [3.05, 3.63) is 106 Å². The van der Waals surface area contributed by atoms with Gasteiger partial charge in [0.25, 0.3) is 11.8 Å². The summed E-state index contributed by atoms with van der Waals surface area (Å²) in [4.78, 5) is 39.8. The average Bonchev–Trinajstić information content (AvgIpc) is 3.37. The quantitative estimate of drug-likeness (QED) is 0.191. The summed E-state index contributed by atoms with van der Waals surface area (Å²) in [6.45, 7) is 3.32. The lowest BCUT2D eigenvalue weighted by Crippen LogP contribution is -2.13. The molecule has 8 nitrogen and oxygen atoms in total. The van der Waals surface area contributed by atoms with Gasteiger partial charge in [-0.05, 0) is 68.0 Å². The molecule has 2 heterocycles. The second-order valence-corrected chi connectivity index (χ2v) is 9.35. The van der Waals surface area contributed by atoms with Crippen LogP contribution in [-0.4, -0.2) is 27.9 Å². The number of benzene rings is 3. The van der Waals surface area contributed by atoms with Crippen molar-refractivity contribution in [2.45, 2.75) is 20.0 Å². The Morgan fingerprint density at radius 3 is 2.41 bits per heavy atom. The molecule has 11 heteroatoms. The maximum atomic E-state index is 13.0. The third kappa shape index (κ3) is 5.55. The average molecular weight is 562 g/mol. The Hall–Kier alpha value is -5.32. The fourth-order valence-corrected chi connectivity index (χ4v) is 4.58. The monoisotopic (exact) mass is 561 g/mol. The topological polar surface area (TPSA) is 121 Å². The van der Waals surface area contributed by atoms with E-state index in [1.54, 1.807) is 56.3 Å². The van der Waals surface area contributed by atoms with Gasteiger partial charge in [-0.3, -0.25) is 9.59 Å². The number of H-pyrrole nitrogens is 1. The molecular formula is C30H22F3N3O5. The number of carboxylic acids is 1. The van der Waals surface area contributed by atoms with E-state index >= 15 is 0 Å². The first kappa shape index (κ1) is 27.3. The summed E-state index contributed by atoms with van der Waals surface area (Å²) in [6.07, 6.45) is -2.97. The minimum atomic E-state index is -4.57. The van der Waals surface area contributed by atoms with Crippen molar-refractivity contribution in [2.75, 3.05) is 10.6 Å². The third-order valence-corrected chi connectivity index (χ3v) is 6.53. The van der Waals surface area contributed by atoms with Crippen LogP contribution in [0.1, 0.15) is 48.8 Å². The highest BCUT2D eigenvalue weighted by Gasteiger charge is 2.31. The molecule has 0 saturated carbocycles. The highest BCUT2D eigenvalue weighted by Crippen LogP contribution is 2.38. The number of aryl methyl sites for hydroxylation is 1. The van der Waals surface area contributed by atoms with Crippen molar-refractivity contribution in [3.8, 4) is 11.5 Å². The summed E-state index contributed by atoms with van der Waals surface area (Å²) in [5, 5.41) is 14.8. The molecule has 2 amide bonds. The van der Waals surface area contributed by atoms with Crippen LogP contribution in [0.15, 0.2) is 66.7 Å². The minimum absolute atomic E-state index is 0.145. The number of anilines is 2. The van der Waals surface area contributed by atoms with Crippen molar-refractivity contribution in [1.29, 1.82) is 0 Å². The Morgan fingerprint density at radius 2 is 1.71 bits per heavy atom. The van der Waals surface area contributed by atoms with Gasteiger partial charge in [0.15, 0.2) is 0 Å². The highest BCUT2D eigenvalue weighted by molar-refractivity contribution is 6.35. The molecular weight excluding hydrogens is 539 g/mol. The number of fused-ring (bicyclic) bond motifs is 1. The molecule has 0 saturated heterocycles. The number of nitrogens with one attached hydrogen (secondary N) is 3. The maximum Gasteiger partial charge on any atom is 0.416 e. The molecule has 41 heavy (non-hydrogen) atoms. The molecule has 1 aliphatic rings. The van der Waals surface area contributed by atoms with E-state index in [2.05, 4.69) is 15.6 Å². The first-order valence-electron chi connectivity index (χ1n) is 12.3. The molecule has 0 unspecified atom stereocenters. The Bertz CT molecular complexity index is 1750. The van der Waals surface area contributed by atoms with E-state index < -0.39 is 23.6 Å². The van der Waals surface area contributed by atoms with Crippen LogP contribution in [0, 0.1) is 13.8 Å². The van der Waals surface area contributed by atoms with Gasteiger partial charge in [-0.2, -0.15) is 13.2 Å². The van der Waals surface area contributed by atoms with Crippen molar-refractivity contribution in [3.63, 3.8) is 0 Å². The molecule has 4 N–H and O–H groups in total. The second-order valence-electron chi connectivity index (χ2n) is 9.35. The molecule has 3 aromatic carbocycles. The number of aromatic amines is 1. The number of hydrogen-bond donors (Lipinski definition) is 4. The lowest BCUT2D eigenvalue weighted by molar-refractivity contribution is -0.137. The van der Waals surface area contributed by atoms with E-state index in [-0.39, 0.29) is 17.0 Å². The lowest BCUT2D eigenvalue weighted by Gasteiger charge is -2.11. The largest absolute Gasteiger partial charge is 0.478 e. The van der Waals surface area contributed by atoms with Gasteiger partial charge >= 0.3 is 12.1 Å². The summed E-state index contributed by atoms with van der Waals surface area (Å²) in [5.41, 5.74) is 2.37. The first-order chi connectivity index (χ1) is 19.4. The zero-order valence-electron chi connectivity index (χ0n) is 21.6. The molecule has 208 valence electrons. The van der Waals surface area contributed by atoms with Crippen LogP contribution in [-0.2, 0) is 11.0 Å². The van der Waals surface area contributed by atoms with Crippen LogP contribution in [0.2, 0.25) is 0 Å². The molecule has 1 aromatic heterocycles. The number of rotatable bonds is 6. The van der Waals surface area contributed by atoms with Gasteiger partial charge in [0.1, 0.15) is 11.5 Å². The summed E-state index contributed by atoms with van der Waals surface area (Å²) >= 11 is 0. The fraction of sp³-hybridized carbons (Fsp3) is 0.100. The molecule has 0 bridgehead atoms. The number of alkyl halides is 3. The maximum absolute atomic E-state index is 13.0. The number of aromatic carboxylic acids is 1. The van der Waals surface area contributed by atoms with E-state index in [1.807, 2.05) is 0 Å². The molecule has 4 aromatic rings. The number of carbonyl (C=O) groups excluding carboxylic acids is 2. The fourth-order valence-electron chi connectivity index (χ4n) is 4.58. The number of amides is 2. The van der Waals surface area contributed by atoms with E-state index in [0.717, 1.165) is 18.2 Å². The van der Waals surface area contributed by atoms with Crippen LogP contribution in [0.25, 0.3) is 11.6 Å². The van der Waals surface area contributed by atoms with Gasteiger partial charge in [0.2, 0.25) is 0 Å². The van der Waals surface area contributed by atoms with E-state index in [0.29, 0.717) is 51.0 Å². The van der Waals surface area contributed by atoms with Gasteiger partial charge in [0.05, 0.1) is 22.4 Å². The predicted octanol–water partition coefficient (Wildman–Crippen LogP) is 6.89. The van der Waals surface area contributed by atoms with Crippen molar-refractivity contribution >= 4 is 40.8 Å². The smallest absolute Gasteiger partial charge is 0.416 e.